The van der Waals surface area contributed by atoms with Gasteiger partial charge in [0.05, 0.1) is 17.3 Å². The highest BCUT2D eigenvalue weighted by Crippen LogP contribution is 2.37. The number of hydrogen-bond donors (Lipinski definition) is 0. The van der Waals surface area contributed by atoms with Crippen molar-refractivity contribution in [3.05, 3.63) is 79.3 Å². The van der Waals surface area contributed by atoms with E-state index in [0.29, 0.717) is 0 Å². The molecule has 1 heterocycles. The van der Waals surface area contributed by atoms with Crippen LogP contribution in [0.3, 0.4) is 0 Å². The van der Waals surface area contributed by atoms with Crippen LogP contribution in [-0.4, -0.2) is 28.3 Å². The predicted molar refractivity (Wildman–Crippen MR) is 121 cm³/mol. The van der Waals surface area contributed by atoms with Crippen LogP contribution in [0.15, 0.2) is 46.0 Å². The minimum absolute atomic E-state index is 0.0325. The van der Waals surface area contributed by atoms with Gasteiger partial charge in [0.2, 0.25) is 0 Å². The zero-order chi connectivity index (χ0) is 26.8. The molecule has 0 saturated carbocycles. The summed E-state index contributed by atoms with van der Waals surface area (Å²) in [6, 6.07) is 7.69. The summed E-state index contributed by atoms with van der Waals surface area (Å²) < 4.78 is 71.3. The number of para-hydroxylation sites is 2. The first-order valence-electron chi connectivity index (χ1n) is 10.3. The summed E-state index contributed by atoms with van der Waals surface area (Å²) in [6.07, 6.45) is -4.99. The largest absolute Gasteiger partial charge is 0.478 e. The van der Waals surface area contributed by atoms with Crippen molar-refractivity contribution in [2.75, 3.05) is 13.2 Å². The molecule has 0 spiro atoms. The highest BCUT2D eigenvalue weighted by atomic mass is 35.5. The van der Waals surface area contributed by atoms with Crippen LogP contribution in [-0.2, 0) is 22.8 Å². The lowest BCUT2D eigenvalue weighted by Crippen LogP contribution is -2.43. The Morgan fingerprint density at radius 2 is 1.72 bits per heavy atom. The van der Waals surface area contributed by atoms with E-state index in [1.807, 2.05) is 0 Å². The third-order valence-electron chi connectivity index (χ3n) is 4.92. The first-order valence-corrected chi connectivity index (χ1v) is 10.7. The lowest BCUT2D eigenvalue weighted by atomic mass is 10.2. The van der Waals surface area contributed by atoms with E-state index in [0.717, 1.165) is 26.1 Å². The van der Waals surface area contributed by atoms with Gasteiger partial charge in [0, 0.05) is 18.7 Å². The number of ether oxygens (including phenoxy) is 3. The van der Waals surface area contributed by atoms with Gasteiger partial charge in [-0.05, 0) is 32.0 Å². The molecule has 8 nitrogen and oxygen atoms in total. The van der Waals surface area contributed by atoms with Gasteiger partial charge in [-0.25, -0.2) is 18.5 Å². The molecule has 0 fully saturated rings. The van der Waals surface area contributed by atoms with E-state index in [1.165, 1.54) is 12.1 Å². The molecule has 13 heteroatoms. The Hall–Kier alpha value is -3.80. The summed E-state index contributed by atoms with van der Waals surface area (Å²) in [6.45, 7) is 2.22. The summed E-state index contributed by atoms with van der Waals surface area (Å²) >= 11 is 6.09. The second-order valence-electron chi connectivity index (χ2n) is 7.33. The van der Waals surface area contributed by atoms with Gasteiger partial charge >= 0.3 is 17.8 Å². The quantitative estimate of drug-likeness (QED) is 0.332. The fraction of sp³-hybridized carbons (Fsp3) is 0.261. The molecule has 1 aromatic heterocycles. The van der Waals surface area contributed by atoms with Gasteiger partial charge in [-0.3, -0.25) is 9.36 Å². The molecule has 0 amide bonds. The van der Waals surface area contributed by atoms with Crippen LogP contribution >= 0.6 is 11.6 Å². The van der Waals surface area contributed by atoms with Crippen molar-refractivity contribution in [2.45, 2.75) is 20.0 Å². The molecule has 0 unspecified atom stereocenters. The van der Waals surface area contributed by atoms with Gasteiger partial charge in [-0.1, -0.05) is 23.7 Å². The predicted octanol–water partition coefficient (Wildman–Crippen LogP) is 4.39. The molecule has 0 bridgehead atoms. The van der Waals surface area contributed by atoms with Gasteiger partial charge in [0.1, 0.15) is 17.3 Å². The lowest BCUT2D eigenvalue weighted by molar-refractivity contribution is -0.146. The summed E-state index contributed by atoms with van der Waals surface area (Å²) in [5, 5.41) is -0.273. The van der Waals surface area contributed by atoms with Crippen LogP contribution in [0.2, 0.25) is 5.02 Å². The Balaban J connectivity index is 2.09. The van der Waals surface area contributed by atoms with Crippen LogP contribution in [0.5, 0.6) is 17.2 Å². The normalized spacial score (nSPS) is 11.3. The Morgan fingerprint density at radius 3 is 2.33 bits per heavy atom. The fourth-order valence-corrected chi connectivity index (χ4v) is 3.54. The molecule has 0 atom stereocenters. The molecule has 2 aromatic carbocycles. The van der Waals surface area contributed by atoms with Crippen LogP contribution < -0.4 is 20.7 Å². The number of hydrogen-bond acceptors (Lipinski definition) is 6. The van der Waals surface area contributed by atoms with E-state index in [1.54, 1.807) is 19.1 Å². The van der Waals surface area contributed by atoms with Gasteiger partial charge in [-0.15, -0.1) is 0 Å². The molecule has 0 aliphatic carbocycles. The Labute approximate surface area is 206 Å². The number of nitrogens with zero attached hydrogens (tertiary/aromatic N) is 2. The molecular weight excluding hydrogens is 512 g/mol. The zero-order valence-electron chi connectivity index (χ0n) is 19.1. The van der Waals surface area contributed by atoms with E-state index in [9.17, 15) is 31.9 Å². The summed E-state index contributed by atoms with van der Waals surface area (Å²) in [4.78, 5) is 37.0. The highest BCUT2D eigenvalue weighted by molar-refractivity contribution is 6.32. The van der Waals surface area contributed by atoms with E-state index in [4.69, 9.17) is 25.8 Å². The lowest BCUT2D eigenvalue weighted by Gasteiger charge is -2.18. The molecular formula is C23H19ClF4N2O6. The molecule has 3 aromatic rings. The topological polar surface area (TPSA) is 88.8 Å². The minimum Gasteiger partial charge on any atom is -0.478 e. The number of rotatable bonds is 7. The Morgan fingerprint density at radius 1 is 1.08 bits per heavy atom. The molecule has 0 saturated heterocycles. The summed E-state index contributed by atoms with van der Waals surface area (Å²) in [7, 11) is 0.816. The summed E-state index contributed by atoms with van der Waals surface area (Å²) in [5.41, 5.74) is -5.73. The van der Waals surface area contributed by atoms with Crippen molar-refractivity contribution in [1.29, 1.82) is 0 Å². The molecule has 3 rings (SSSR count). The van der Waals surface area contributed by atoms with Crippen molar-refractivity contribution < 1.29 is 36.6 Å². The van der Waals surface area contributed by atoms with Crippen LogP contribution in [0.1, 0.15) is 18.2 Å². The number of halogens is 5. The van der Waals surface area contributed by atoms with Gasteiger partial charge in [0.25, 0.3) is 5.56 Å². The first kappa shape index (κ1) is 26.8. The van der Waals surface area contributed by atoms with Crippen molar-refractivity contribution in [3.8, 4) is 22.9 Å². The summed E-state index contributed by atoms with van der Waals surface area (Å²) in [5.74, 6) is -1.91. The van der Waals surface area contributed by atoms with Crippen LogP contribution in [0.4, 0.5) is 17.6 Å². The highest BCUT2D eigenvalue weighted by Gasteiger charge is 2.38. The van der Waals surface area contributed by atoms with Crippen molar-refractivity contribution in [1.82, 2.24) is 9.13 Å². The smallest absolute Gasteiger partial charge is 0.432 e. The van der Waals surface area contributed by atoms with Gasteiger partial charge < -0.3 is 14.2 Å². The molecule has 192 valence electrons. The molecule has 0 aliphatic heterocycles. The third-order valence-corrected chi connectivity index (χ3v) is 5.22. The number of aromatic nitrogens is 2. The van der Waals surface area contributed by atoms with Gasteiger partial charge in [0.15, 0.2) is 18.1 Å². The molecule has 0 aliphatic rings. The van der Waals surface area contributed by atoms with Crippen molar-refractivity contribution in [3.63, 3.8) is 0 Å². The standard InChI is InChI=1S/C23H19ClF4N2O6/c1-4-34-19(31)11-35-16-7-5-6-8-17(16)36-18-10-15(14(25)9-13(18)24)30-21(32)12(2)20(23(26,27)28)29(3)22(30)33/h5-10H,4,11H2,1-3H3. The number of alkyl halides is 3. The third kappa shape index (κ3) is 5.38. The Kier molecular flexibility index (Phi) is 7.77. The average Bonchev–Trinajstić information content (AvgIpc) is 2.79. The van der Waals surface area contributed by atoms with E-state index in [2.05, 4.69) is 0 Å². The Bertz CT molecular complexity index is 1390. The number of carbonyl (C=O) groups excluding carboxylic acids is 1. The van der Waals surface area contributed by atoms with Crippen molar-refractivity contribution in [2.24, 2.45) is 7.05 Å². The van der Waals surface area contributed by atoms with E-state index < -0.39 is 52.8 Å². The number of carbonyl (C=O) groups is 1. The first-order chi connectivity index (χ1) is 16.9. The average molecular weight is 531 g/mol. The van der Waals surface area contributed by atoms with Gasteiger partial charge in [-0.2, -0.15) is 13.2 Å². The van der Waals surface area contributed by atoms with E-state index >= 15 is 0 Å². The molecule has 36 heavy (non-hydrogen) atoms. The zero-order valence-corrected chi connectivity index (χ0v) is 19.9. The second kappa shape index (κ2) is 10.4. The van der Waals surface area contributed by atoms with Crippen molar-refractivity contribution >= 4 is 17.6 Å². The maximum Gasteiger partial charge on any atom is 0.432 e. The SMILES string of the molecule is CCOC(=O)COc1ccccc1Oc1cc(-n2c(=O)c(C)c(C(F)(F)F)n(C)c2=O)c(F)cc1Cl. The fourth-order valence-electron chi connectivity index (χ4n) is 3.35. The molecule has 0 radical (unpaired) electrons. The number of benzene rings is 2. The minimum atomic E-state index is -4.99. The van der Waals surface area contributed by atoms with Crippen LogP contribution in [0.25, 0.3) is 5.69 Å². The van der Waals surface area contributed by atoms with Crippen LogP contribution in [0, 0.1) is 12.7 Å². The second-order valence-corrected chi connectivity index (χ2v) is 7.74. The maximum absolute atomic E-state index is 14.8. The maximum atomic E-state index is 14.8. The monoisotopic (exact) mass is 530 g/mol. The molecule has 0 N–H and O–H groups in total. The number of esters is 1. The van der Waals surface area contributed by atoms with E-state index in [-0.39, 0.29) is 38.0 Å².